The number of aliphatic hydroxyl groups is 1. The maximum atomic E-state index is 14.9. The Morgan fingerprint density at radius 1 is 1.47 bits per heavy atom. The van der Waals surface area contributed by atoms with E-state index in [1.54, 1.807) is 13.0 Å². The summed E-state index contributed by atoms with van der Waals surface area (Å²) in [6, 6.07) is 4.89. The number of anilines is 1. The Bertz CT molecular complexity index is 1120. The number of halogens is 1. The topological polar surface area (TPSA) is 120 Å². The van der Waals surface area contributed by atoms with Crippen molar-refractivity contribution in [2.24, 2.45) is 0 Å². The van der Waals surface area contributed by atoms with Crippen LogP contribution in [0.3, 0.4) is 0 Å². The van der Waals surface area contributed by atoms with Crippen LogP contribution in [0.15, 0.2) is 18.3 Å². The summed E-state index contributed by atoms with van der Waals surface area (Å²) in [7, 11) is 1.48. The molecule has 0 bridgehead atoms. The van der Waals surface area contributed by atoms with Crippen LogP contribution in [-0.2, 0) is 0 Å². The van der Waals surface area contributed by atoms with E-state index in [0.29, 0.717) is 28.6 Å². The van der Waals surface area contributed by atoms with Crippen molar-refractivity contribution in [1.82, 2.24) is 24.9 Å². The number of fused-ring (bicyclic) bond motifs is 1. The molecule has 2 atom stereocenters. The molecule has 1 aliphatic heterocycles. The minimum Gasteiger partial charge on any atom is -0.495 e. The van der Waals surface area contributed by atoms with Crippen LogP contribution in [0.1, 0.15) is 37.1 Å². The number of methoxy groups -OCH3 is 1. The number of rotatable bonds is 5. The van der Waals surface area contributed by atoms with Crippen LogP contribution < -0.4 is 15.4 Å². The van der Waals surface area contributed by atoms with E-state index in [1.165, 1.54) is 23.9 Å². The Morgan fingerprint density at radius 2 is 2.30 bits per heavy atom. The van der Waals surface area contributed by atoms with E-state index < -0.39 is 11.9 Å². The van der Waals surface area contributed by atoms with Crippen LogP contribution in [0.2, 0.25) is 0 Å². The second-order valence-electron chi connectivity index (χ2n) is 7.20. The number of hydrogen-bond acceptors (Lipinski definition) is 8. The van der Waals surface area contributed by atoms with E-state index in [2.05, 4.69) is 25.7 Å². The summed E-state index contributed by atoms with van der Waals surface area (Å²) in [6.45, 7) is 3.26. The summed E-state index contributed by atoms with van der Waals surface area (Å²) in [5.41, 5.74) is 1.17. The molecule has 4 heterocycles. The third-order valence-corrected chi connectivity index (χ3v) is 5.08. The Morgan fingerprint density at radius 3 is 2.97 bits per heavy atom. The number of piperidine rings is 1. The molecule has 30 heavy (non-hydrogen) atoms. The minimum atomic E-state index is -0.894. The maximum Gasteiger partial charge on any atom is 0.157 e. The molecule has 156 valence electrons. The number of aromatic nitrogens is 4. The molecule has 10 heteroatoms. The van der Waals surface area contributed by atoms with Gasteiger partial charge in [-0.2, -0.15) is 10.4 Å². The third kappa shape index (κ3) is 3.65. The largest absolute Gasteiger partial charge is 0.495 e. The highest BCUT2D eigenvalue weighted by molar-refractivity contribution is 5.66. The quantitative estimate of drug-likeness (QED) is 0.583. The number of nitrogens with one attached hydrogen (secondary N) is 2. The van der Waals surface area contributed by atoms with Gasteiger partial charge in [0.25, 0.3) is 0 Å². The molecule has 9 nitrogen and oxygen atoms in total. The fourth-order valence-electron chi connectivity index (χ4n) is 3.56. The zero-order valence-corrected chi connectivity index (χ0v) is 16.7. The van der Waals surface area contributed by atoms with Crippen molar-refractivity contribution in [1.29, 1.82) is 5.26 Å². The lowest BCUT2D eigenvalue weighted by molar-refractivity contribution is 0.187. The third-order valence-electron chi connectivity index (χ3n) is 5.08. The molecular formula is C20H22FN7O2. The molecule has 3 aromatic heterocycles. The monoisotopic (exact) mass is 411 g/mol. The standard InChI is InChI=1S/C20H22FN7O2/c1-11(29)18-16(30-2)7-17-24-10-15(28(17)27-18)19-14(21)6-12(8-22)20(26-19)25-13-4-3-5-23-9-13/h6-7,10-11,13,23,29H,3-5,9H2,1-2H3,(H,25,26). The van der Waals surface area contributed by atoms with Gasteiger partial charge in [0.2, 0.25) is 0 Å². The van der Waals surface area contributed by atoms with Crippen LogP contribution >= 0.6 is 0 Å². The van der Waals surface area contributed by atoms with Crippen molar-refractivity contribution in [3.8, 4) is 23.2 Å². The first-order valence-electron chi connectivity index (χ1n) is 9.70. The van der Waals surface area contributed by atoms with Crippen molar-refractivity contribution in [3.05, 3.63) is 35.4 Å². The first-order valence-corrected chi connectivity index (χ1v) is 9.70. The van der Waals surface area contributed by atoms with E-state index in [-0.39, 0.29) is 17.3 Å². The van der Waals surface area contributed by atoms with Crippen LogP contribution in [0.25, 0.3) is 17.0 Å². The van der Waals surface area contributed by atoms with Crippen LogP contribution in [0.4, 0.5) is 10.2 Å². The molecule has 4 rings (SSSR count). The smallest absolute Gasteiger partial charge is 0.157 e. The Labute approximate surface area is 172 Å². The number of imidazole rings is 1. The molecule has 2 unspecified atom stereocenters. The molecule has 0 aliphatic carbocycles. The molecule has 1 aliphatic rings. The predicted molar refractivity (Wildman–Crippen MR) is 108 cm³/mol. The van der Waals surface area contributed by atoms with Gasteiger partial charge in [-0.15, -0.1) is 0 Å². The Hall–Kier alpha value is -3.29. The van der Waals surface area contributed by atoms with Gasteiger partial charge in [0, 0.05) is 18.7 Å². The van der Waals surface area contributed by atoms with Gasteiger partial charge in [-0.25, -0.2) is 18.9 Å². The van der Waals surface area contributed by atoms with Gasteiger partial charge < -0.3 is 20.5 Å². The molecule has 0 spiro atoms. The van der Waals surface area contributed by atoms with E-state index >= 15 is 0 Å². The number of ether oxygens (including phenoxy) is 1. The Balaban J connectivity index is 1.81. The highest BCUT2D eigenvalue weighted by Gasteiger charge is 2.22. The summed E-state index contributed by atoms with van der Waals surface area (Å²) in [5.74, 6) is 0.0498. The lowest BCUT2D eigenvalue weighted by atomic mass is 10.1. The van der Waals surface area contributed by atoms with Crippen LogP contribution in [-0.4, -0.2) is 50.9 Å². The molecule has 0 amide bonds. The minimum absolute atomic E-state index is 0.0157. The number of aliphatic hydroxyl groups excluding tert-OH is 1. The number of pyridine rings is 1. The van der Waals surface area contributed by atoms with Gasteiger partial charge >= 0.3 is 0 Å². The molecule has 1 saturated heterocycles. The van der Waals surface area contributed by atoms with Gasteiger partial charge in [-0.1, -0.05) is 0 Å². The second kappa shape index (κ2) is 8.22. The van der Waals surface area contributed by atoms with Crippen LogP contribution in [0, 0.1) is 17.1 Å². The average molecular weight is 411 g/mol. The van der Waals surface area contributed by atoms with Crippen molar-refractivity contribution >= 4 is 11.5 Å². The van der Waals surface area contributed by atoms with Crippen molar-refractivity contribution in [2.45, 2.75) is 31.9 Å². The first-order chi connectivity index (χ1) is 14.5. The average Bonchev–Trinajstić information content (AvgIpc) is 3.17. The zero-order valence-electron chi connectivity index (χ0n) is 16.7. The van der Waals surface area contributed by atoms with Crippen LogP contribution in [0.5, 0.6) is 5.75 Å². The summed E-state index contributed by atoms with van der Waals surface area (Å²) >= 11 is 0. The number of nitriles is 1. The molecule has 0 radical (unpaired) electrons. The Kier molecular flexibility index (Phi) is 5.48. The normalized spacial score (nSPS) is 17.5. The van der Waals surface area contributed by atoms with Crippen molar-refractivity contribution in [2.75, 3.05) is 25.5 Å². The lowest BCUT2D eigenvalue weighted by Gasteiger charge is -2.24. The zero-order chi connectivity index (χ0) is 21.3. The second-order valence-corrected chi connectivity index (χ2v) is 7.20. The molecular weight excluding hydrogens is 389 g/mol. The summed E-state index contributed by atoms with van der Waals surface area (Å²) in [6.07, 6.45) is 2.50. The molecule has 0 aromatic carbocycles. The first kappa shape index (κ1) is 20.0. The van der Waals surface area contributed by atoms with E-state index in [1.807, 2.05) is 6.07 Å². The van der Waals surface area contributed by atoms with Gasteiger partial charge in [-0.05, 0) is 32.4 Å². The van der Waals surface area contributed by atoms with E-state index in [9.17, 15) is 14.8 Å². The van der Waals surface area contributed by atoms with Crippen molar-refractivity contribution in [3.63, 3.8) is 0 Å². The molecule has 1 fully saturated rings. The van der Waals surface area contributed by atoms with Gasteiger partial charge in [-0.3, -0.25) is 0 Å². The molecule has 3 aromatic rings. The number of hydrogen-bond donors (Lipinski definition) is 3. The fourth-order valence-corrected chi connectivity index (χ4v) is 3.56. The summed E-state index contributed by atoms with van der Waals surface area (Å²) in [5, 5.41) is 30.4. The highest BCUT2D eigenvalue weighted by atomic mass is 19.1. The molecule has 3 N–H and O–H groups in total. The maximum absolute atomic E-state index is 14.9. The predicted octanol–water partition coefficient (Wildman–Crippen LogP) is 2.03. The lowest BCUT2D eigenvalue weighted by Crippen LogP contribution is -2.38. The van der Waals surface area contributed by atoms with E-state index in [4.69, 9.17) is 4.74 Å². The van der Waals surface area contributed by atoms with Gasteiger partial charge in [0.1, 0.15) is 34.7 Å². The van der Waals surface area contributed by atoms with Crippen molar-refractivity contribution < 1.29 is 14.2 Å². The highest BCUT2D eigenvalue weighted by Crippen LogP contribution is 2.29. The summed E-state index contributed by atoms with van der Waals surface area (Å²) in [4.78, 5) is 8.69. The van der Waals surface area contributed by atoms with E-state index in [0.717, 1.165) is 25.9 Å². The molecule has 0 saturated carbocycles. The van der Waals surface area contributed by atoms with Gasteiger partial charge in [0.15, 0.2) is 11.5 Å². The SMILES string of the molecule is COc1cc2ncc(-c3nc(NC4CCCNC4)c(C#N)cc3F)n2nc1C(C)O. The van der Waals surface area contributed by atoms with Gasteiger partial charge in [0.05, 0.1) is 25.0 Å². The number of nitrogens with zero attached hydrogens (tertiary/aromatic N) is 5. The summed E-state index contributed by atoms with van der Waals surface area (Å²) < 4.78 is 21.6. The fraction of sp³-hybridized carbons (Fsp3) is 0.400.